The molecule has 0 aliphatic carbocycles. The first-order chi connectivity index (χ1) is 8.70. The van der Waals surface area contributed by atoms with Gasteiger partial charge in [0.1, 0.15) is 11.5 Å². The first-order valence-electron chi connectivity index (χ1n) is 5.78. The lowest BCUT2D eigenvalue weighted by Gasteiger charge is -2.08. The Bertz CT molecular complexity index is 551. The second kappa shape index (κ2) is 5.69. The lowest BCUT2D eigenvalue weighted by Crippen LogP contribution is -2.17. The molecule has 2 heterocycles. The average molecular weight is 264 g/mol. The Hall–Kier alpha value is -1.81. The number of pyridine rings is 1. The van der Waals surface area contributed by atoms with Crippen molar-refractivity contribution in [2.75, 3.05) is 5.32 Å². The predicted octanol–water partition coefficient (Wildman–Crippen LogP) is 3.20. The molecule has 2 aromatic rings. The third kappa shape index (κ3) is 2.90. The van der Waals surface area contributed by atoms with Crippen molar-refractivity contribution in [2.24, 2.45) is 0 Å². The summed E-state index contributed by atoms with van der Waals surface area (Å²) < 4.78 is 1.92. The standard InChI is InChI=1S/C13H14ClN3O/c1-2-7-17-8-3-4-11(17)13(18)16-12-9-10(14)5-6-15-12/h3-6,8-9H,2,7H2,1H3,(H,15,16,18). The second-order valence-corrected chi connectivity index (χ2v) is 4.34. The number of anilines is 1. The molecule has 0 spiro atoms. The fourth-order valence-electron chi connectivity index (χ4n) is 1.71. The molecule has 94 valence electrons. The zero-order chi connectivity index (χ0) is 13.0. The van der Waals surface area contributed by atoms with Crippen molar-refractivity contribution in [3.8, 4) is 0 Å². The summed E-state index contributed by atoms with van der Waals surface area (Å²) in [6, 6.07) is 6.93. The number of halogens is 1. The van der Waals surface area contributed by atoms with Gasteiger partial charge in [-0.05, 0) is 30.7 Å². The van der Waals surface area contributed by atoms with Gasteiger partial charge in [-0.2, -0.15) is 0 Å². The van der Waals surface area contributed by atoms with Crippen LogP contribution in [0.25, 0.3) is 0 Å². The van der Waals surface area contributed by atoms with Crippen LogP contribution in [-0.4, -0.2) is 15.5 Å². The van der Waals surface area contributed by atoms with Crippen LogP contribution in [0.2, 0.25) is 5.02 Å². The van der Waals surface area contributed by atoms with E-state index in [1.165, 1.54) is 0 Å². The van der Waals surface area contributed by atoms with Crippen LogP contribution >= 0.6 is 11.6 Å². The number of nitrogens with zero attached hydrogens (tertiary/aromatic N) is 2. The molecule has 0 fully saturated rings. The van der Waals surface area contributed by atoms with E-state index in [1.54, 1.807) is 24.4 Å². The van der Waals surface area contributed by atoms with Gasteiger partial charge in [-0.15, -0.1) is 0 Å². The maximum atomic E-state index is 12.1. The van der Waals surface area contributed by atoms with Gasteiger partial charge in [-0.25, -0.2) is 4.98 Å². The summed E-state index contributed by atoms with van der Waals surface area (Å²) in [5.41, 5.74) is 0.624. The van der Waals surface area contributed by atoms with Crippen LogP contribution in [0.15, 0.2) is 36.7 Å². The van der Waals surface area contributed by atoms with Gasteiger partial charge in [-0.3, -0.25) is 4.79 Å². The number of carbonyl (C=O) groups is 1. The van der Waals surface area contributed by atoms with Crippen LogP contribution in [0, 0.1) is 0 Å². The number of aryl methyl sites for hydroxylation is 1. The number of rotatable bonds is 4. The van der Waals surface area contributed by atoms with Gasteiger partial charge in [0.2, 0.25) is 0 Å². The normalized spacial score (nSPS) is 10.3. The number of hydrogen-bond donors (Lipinski definition) is 1. The van der Waals surface area contributed by atoms with Gasteiger partial charge in [0.25, 0.3) is 5.91 Å². The van der Waals surface area contributed by atoms with Gasteiger partial charge in [0.15, 0.2) is 0 Å². The minimum atomic E-state index is -0.178. The summed E-state index contributed by atoms with van der Waals surface area (Å²) in [7, 11) is 0. The molecule has 0 saturated carbocycles. The fraction of sp³-hybridized carbons (Fsp3) is 0.231. The van der Waals surface area contributed by atoms with E-state index in [2.05, 4.69) is 17.2 Å². The lowest BCUT2D eigenvalue weighted by atomic mass is 10.3. The molecule has 5 heteroatoms. The minimum absolute atomic E-state index is 0.178. The third-order valence-electron chi connectivity index (χ3n) is 2.49. The van der Waals surface area contributed by atoms with Crippen LogP contribution in [0.5, 0.6) is 0 Å². The summed E-state index contributed by atoms with van der Waals surface area (Å²) in [6.45, 7) is 2.89. The van der Waals surface area contributed by atoms with Crippen molar-refractivity contribution >= 4 is 23.3 Å². The Labute approximate surface area is 111 Å². The highest BCUT2D eigenvalue weighted by Crippen LogP contribution is 2.13. The summed E-state index contributed by atoms with van der Waals surface area (Å²) in [4.78, 5) is 16.1. The van der Waals surface area contributed by atoms with Gasteiger partial charge in [-0.1, -0.05) is 18.5 Å². The smallest absolute Gasteiger partial charge is 0.273 e. The highest BCUT2D eigenvalue weighted by Gasteiger charge is 2.11. The van der Waals surface area contributed by atoms with Crippen LogP contribution in [-0.2, 0) is 6.54 Å². The van der Waals surface area contributed by atoms with Crippen molar-refractivity contribution in [3.63, 3.8) is 0 Å². The third-order valence-corrected chi connectivity index (χ3v) is 2.73. The zero-order valence-corrected chi connectivity index (χ0v) is 10.8. The Morgan fingerprint density at radius 2 is 2.33 bits per heavy atom. The summed E-state index contributed by atoms with van der Waals surface area (Å²) in [6.07, 6.45) is 4.43. The van der Waals surface area contributed by atoms with E-state index in [0.29, 0.717) is 16.5 Å². The Balaban J connectivity index is 2.14. The molecular formula is C13H14ClN3O. The Morgan fingerprint density at radius 3 is 3.06 bits per heavy atom. The van der Waals surface area contributed by atoms with Crippen molar-refractivity contribution in [1.29, 1.82) is 0 Å². The van der Waals surface area contributed by atoms with E-state index in [4.69, 9.17) is 11.6 Å². The molecule has 0 aliphatic rings. The van der Waals surface area contributed by atoms with E-state index in [-0.39, 0.29) is 5.91 Å². The summed E-state index contributed by atoms with van der Waals surface area (Å²) in [5, 5.41) is 3.27. The van der Waals surface area contributed by atoms with Crippen molar-refractivity contribution in [2.45, 2.75) is 19.9 Å². The lowest BCUT2D eigenvalue weighted by molar-refractivity contribution is 0.101. The number of amides is 1. The first-order valence-corrected chi connectivity index (χ1v) is 6.16. The molecule has 0 unspecified atom stereocenters. The van der Waals surface area contributed by atoms with E-state index < -0.39 is 0 Å². The molecule has 2 aromatic heterocycles. The van der Waals surface area contributed by atoms with E-state index in [9.17, 15) is 4.79 Å². The molecular weight excluding hydrogens is 250 g/mol. The number of hydrogen-bond acceptors (Lipinski definition) is 2. The van der Waals surface area contributed by atoms with Gasteiger partial charge in [0, 0.05) is 24.0 Å². The highest BCUT2D eigenvalue weighted by molar-refractivity contribution is 6.30. The van der Waals surface area contributed by atoms with Crippen LogP contribution in [0.3, 0.4) is 0 Å². The van der Waals surface area contributed by atoms with Gasteiger partial charge >= 0.3 is 0 Å². The molecule has 2 rings (SSSR count). The van der Waals surface area contributed by atoms with Gasteiger partial charge in [0.05, 0.1) is 0 Å². The average Bonchev–Trinajstić information content (AvgIpc) is 2.78. The number of nitrogens with one attached hydrogen (secondary N) is 1. The molecule has 0 saturated heterocycles. The molecule has 1 amide bonds. The molecule has 0 bridgehead atoms. The monoisotopic (exact) mass is 263 g/mol. The molecule has 0 atom stereocenters. The Kier molecular flexibility index (Phi) is 3.99. The van der Waals surface area contributed by atoms with Crippen LogP contribution in [0.4, 0.5) is 5.82 Å². The SMILES string of the molecule is CCCn1cccc1C(=O)Nc1cc(Cl)ccn1. The van der Waals surface area contributed by atoms with E-state index >= 15 is 0 Å². The highest BCUT2D eigenvalue weighted by atomic mass is 35.5. The number of carbonyl (C=O) groups excluding carboxylic acids is 1. The molecule has 0 aliphatic heterocycles. The summed E-state index contributed by atoms with van der Waals surface area (Å²) >= 11 is 5.84. The minimum Gasteiger partial charge on any atom is -0.344 e. The zero-order valence-electron chi connectivity index (χ0n) is 10.1. The molecule has 4 nitrogen and oxygen atoms in total. The van der Waals surface area contributed by atoms with Crippen molar-refractivity contribution < 1.29 is 4.79 Å². The second-order valence-electron chi connectivity index (χ2n) is 3.90. The molecule has 1 N–H and O–H groups in total. The maximum absolute atomic E-state index is 12.1. The molecule has 0 radical (unpaired) electrons. The largest absolute Gasteiger partial charge is 0.344 e. The van der Waals surface area contributed by atoms with E-state index in [0.717, 1.165) is 13.0 Å². The fourth-order valence-corrected chi connectivity index (χ4v) is 1.87. The van der Waals surface area contributed by atoms with Crippen molar-refractivity contribution in [3.05, 3.63) is 47.4 Å². The molecule has 0 aromatic carbocycles. The maximum Gasteiger partial charge on any atom is 0.273 e. The first kappa shape index (κ1) is 12.6. The Morgan fingerprint density at radius 1 is 1.50 bits per heavy atom. The molecule has 18 heavy (non-hydrogen) atoms. The van der Waals surface area contributed by atoms with Crippen LogP contribution < -0.4 is 5.32 Å². The summed E-state index contributed by atoms with van der Waals surface area (Å²) in [5.74, 6) is 0.278. The van der Waals surface area contributed by atoms with Crippen LogP contribution in [0.1, 0.15) is 23.8 Å². The predicted molar refractivity (Wildman–Crippen MR) is 71.9 cm³/mol. The topological polar surface area (TPSA) is 46.9 Å². The quantitative estimate of drug-likeness (QED) is 0.921. The van der Waals surface area contributed by atoms with Gasteiger partial charge < -0.3 is 9.88 Å². The number of aromatic nitrogens is 2. The van der Waals surface area contributed by atoms with E-state index in [1.807, 2.05) is 16.8 Å². The van der Waals surface area contributed by atoms with Crippen molar-refractivity contribution in [1.82, 2.24) is 9.55 Å².